The van der Waals surface area contributed by atoms with Gasteiger partial charge in [0.25, 0.3) is 0 Å². The molecule has 1 aliphatic rings. The van der Waals surface area contributed by atoms with Gasteiger partial charge in [-0.3, -0.25) is 5.04 Å². The Morgan fingerprint density at radius 3 is 2.53 bits per heavy atom. The normalized spacial score (nSPS) is 13.7. The molecule has 0 saturated heterocycles. The second kappa shape index (κ2) is 4.63. The third-order valence-electron chi connectivity index (χ3n) is 2.78. The monoisotopic (exact) mass is 277 g/mol. The van der Waals surface area contributed by atoms with E-state index in [1.165, 1.54) is 6.07 Å². The third-order valence-corrected chi connectivity index (χ3v) is 3.44. The average Bonchev–Trinajstić information content (AvgIpc) is 2.42. The molecule has 0 saturated carbocycles. The van der Waals surface area contributed by atoms with Crippen molar-refractivity contribution in [1.82, 2.24) is 0 Å². The number of esters is 2. The van der Waals surface area contributed by atoms with Crippen LogP contribution in [-0.2, 0) is 14.1 Å². The molecule has 1 aliphatic heterocycles. The highest BCUT2D eigenvalue weighted by Gasteiger charge is 2.27. The van der Waals surface area contributed by atoms with E-state index in [2.05, 4.69) is 14.1 Å². The highest BCUT2D eigenvalue weighted by atomic mass is 32.2. The first-order valence-corrected chi connectivity index (χ1v) is 5.92. The van der Waals surface area contributed by atoms with Crippen LogP contribution in [0.25, 0.3) is 10.8 Å². The molecule has 7 heteroatoms. The van der Waals surface area contributed by atoms with Gasteiger partial charge in [0.05, 0.1) is 23.2 Å². The molecule has 0 bridgehead atoms. The fourth-order valence-corrected chi connectivity index (χ4v) is 2.52. The van der Waals surface area contributed by atoms with E-state index in [4.69, 9.17) is 0 Å². The van der Waals surface area contributed by atoms with Gasteiger partial charge in [0.15, 0.2) is 0 Å². The van der Waals surface area contributed by atoms with Crippen LogP contribution in [0.2, 0.25) is 0 Å². The van der Waals surface area contributed by atoms with Gasteiger partial charge in [0.1, 0.15) is 0 Å². The van der Waals surface area contributed by atoms with E-state index in [1.807, 2.05) is 0 Å². The minimum absolute atomic E-state index is 0.303. The van der Waals surface area contributed by atoms with E-state index < -0.39 is 11.9 Å². The molecule has 0 aliphatic carbocycles. The number of hydrogen-bond acceptors (Lipinski definition) is 7. The number of hydrogen-bond donors (Lipinski definition) is 0. The third kappa shape index (κ3) is 1.89. The number of cyclic esters (lactones) is 2. The predicted octanol–water partition coefficient (Wildman–Crippen LogP) is 1.38. The molecule has 0 unspecified atom stereocenters. The highest BCUT2D eigenvalue weighted by Crippen LogP contribution is 2.35. The Morgan fingerprint density at radius 1 is 1.05 bits per heavy atom. The first-order chi connectivity index (χ1) is 9.22. The number of carbonyl (C=O) groups is 2. The number of ether oxygens (including phenoxy) is 1. The van der Waals surface area contributed by atoms with Crippen molar-refractivity contribution in [2.75, 3.05) is 0 Å². The lowest BCUT2D eigenvalue weighted by atomic mass is 9.97. The number of carbonyl (C=O) groups excluding carboxylic acids is 2. The van der Waals surface area contributed by atoms with E-state index in [0.717, 1.165) is 0 Å². The van der Waals surface area contributed by atoms with Gasteiger partial charge in [0, 0.05) is 10.3 Å². The Hall–Kier alpha value is -1.93. The number of benzene rings is 2. The zero-order valence-electron chi connectivity index (χ0n) is 9.24. The van der Waals surface area contributed by atoms with Gasteiger partial charge in [-0.15, -0.1) is 0 Å². The zero-order chi connectivity index (χ0) is 13.4. The van der Waals surface area contributed by atoms with E-state index in [1.54, 1.807) is 24.3 Å². The van der Waals surface area contributed by atoms with Crippen molar-refractivity contribution in [1.29, 1.82) is 0 Å². The van der Waals surface area contributed by atoms with Gasteiger partial charge in [-0.25, -0.2) is 9.59 Å². The van der Waals surface area contributed by atoms with Crippen LogP contribution in [0.15, 0.2) is 35.2 Å². The molecular formula is C12H5O6S-. The molecule has 6 nitrogen and oxygen atoms in total. The summed E-state index contributed by atoms with van der Waals surface area (Å²) in [7, 11) is 0. The van der Waals surface area contributed by atoms with Crippen LogP contribution in [0.4, 0.5) is 0 Å². The van der Waals surface area contributed by atoms with E-state index >= 15 is 0 Å². The first kappa shape index (κ1) is 12.1. The average molecular weight is 277 g/mol. The lowest BCUT2D eigenvalue weighted by Crippen LogP contribution is -2.19. The molecule has 19 heavy (non-hydrogen) atoms. The molecule has 2 aromatic carbocycles. The van der Waals surface area contributed by atoms with Crippen molar-refractivity contribution < 1.29 is 29.0 Å². The molecule has 0 amide bonds. The minimum atomic E-state index is -0.689. The molecule has 0 spiro atoms. The van der Waals surface area contributed by atoms with Crippen LogP contribution in [0, 0.1) is 0 Å². The summed E-state index contributed by atoms with van der Waals surface area (Å²) < 4.78 is 8.91. The smallest absolute Gasteiger partial charge is 0.346 e. The number of rotatable bonds is 3. The fraction of sp³-hybridized carbons (Fsp3) is 0. The zero-order valence-corrected chi connectivity index (χ0v) is 10.1. The van der Waals surface area contributed by atoms with Gasteiger partial charge in [0.2, 0.25) is 0 Å². The topological polar surface area (TPSA) is 84.9 Å². The van der Waals surface area contributed by atoms with Crippen LogP contribution in [0.3, 0.4) is 0 Å². The summed E-state index contributed by atoms with van der Waals surface area (Å²) in [6.45, 7) is 0. The summed E-state index contributed by atoms with van der Waals surface area (Å²) in [6.07, 6.45) is 0. The summed E-state index contributed by atoms with van der Waals surface area (Å²) >= 11 is 0.706. The van der Waals surface area contributed by atoms with Crippen LogP contribution in [0.5, 0.6) is 0 Å². The molecule has 0 N–H and O–H groups in total. The summed E-state index contributed by atoms with van der Waals surface area (Å²) in [5, 5.41) is 14.3. The Balaban J connectivity index is 2.29. The highest BCUT2D eigenvalue weighted by molar-refractivity contribution is 7.94. The Labute approximate surface area is 110 Å². The van der Waals surface area contributed by atoms with E-state index in [-0.39, 0.29) is 0 Å². The molecular weight excluding hydrogens is 272 g/mol. The summed E-state index contributed by atoms with van der Waals surface area (Å²) in [6, 6.07) is 8.03. The second-order valence-corrected chi connectivity index (χ2v) is 4.48. The van der Waals surface area contributed by atoms with E-state index in [0.29, 0.717) is 38.8 Å². The largest absolute Gasteiger partial charge is 0.691 e. The maximum absolute atomic E-state index is 11.7. The first-order valence-electron chi connectivity index (χ1n) is 5.18. The lowest BCUT2D eigenvalue weighted by molar-refractivity contribution is -0.777. The minimum Gasteiger partial charge on any atom is -0.691 e. The molecule has 96 valence electrons. The van der Waals surface area contributed by atoms with Gasteiger partial charge in [-0.05, 0) is 23.6 Å². The van der Waals surface area contributed by atoms with Crippen LogP contribution in [-0.4, -0.2) is 11.9 Å². The van der Waals surface area contributed by atoms with E-state index in [9.17, 15) is 14.8 Å². The molecule has 0 fully saturated rings. The van der Waals surface area contributed by atoms with Crippen LogP contribution >= 0.6 is 12.0 Å². The molecule has 0 radical (unpaired) electrons. The molecule has 0 aromatic heterocycles. The summed E-state index contributed by atoms with van der Waals surface area (Å²) in [5.74, 6) is -1.38. The quantitative estimate of drug-likeness (QED) is 0.275. The molecule has 1 heterocycles. The molecule has 3 rings (SSSR count). The second-order valence-electron chi connectivity index (χ2n) is 3.74. The Kier molecular flexibility index (Phi) is 2.96. The predicted molar refractivity (Wildman–Crippen MR) is 61.7 cm³/mol. The van der Waals surface area contributed by atoms with Crippen molar-refractivity contribution in [3.05, 3.63) is 41.5 Å². The maximum Gasteiger partial charge on any atom is 0.346 e. The molecule has 0 atom stereocenters. The van der Waals surface area contributed by atoms with Crippen molar-refractivity contribution in [3.63, 3.8) is 0 Å². The Morgan fingerprint density at radius 2 is 1.79 bits per heavy atom. The van der Waals surface area contributed by atoms with Crippen molar-refractivity contribution >= 4 is 34.8 Å². The SMILES string of the molecule is O=C1OC(=O)c2ccc(SOO[O-])c3cccc1c23. The lowest BCUT2D eigenvalue weighted by Gasteiger charge is -2.16. The van der Waals surface area contributed by atoms with Gasteiger partial charge in [-0.1, -0.05) is 12.1 Å². The standard InChI is InChI=1S/C12H6O6S/c13-11-7-3-1-2-6-9(19-18-17-15)5-4-8(10(6)7)12(14)16-11/h1-5,15H/p-1. The molecule has 2 aromatic rings. The van der Waals surface area contributed by atoms with Gasteiger partial charge in [-0.2, -0.15) is 4.33 Å². The van der Waals surface area contributed by atoms with Crippen LogP contribution < -0.4 is 5.26 Å². The Bertz CT molecular complexity index is 676. The summed E-state index contributed by atoms with van der Waals surface area (Å²) in [5.41, 5.74) is 0.607. The summed E-state index contributed by atoms with van der Waals surface area (Å²) in [4.78, 5) is 23.9. The van der Waals surface area contributed by atoms with Crippen molar-refractivity contribution in [2.24, 2.45) is 0 Å². The van der Waals surface area contributed by atoms with Gasteiger partial charge < -0.3 is 9.99 Å². The maximum atomic E-state index is 11.7. The van der Waals surface area contributed by atoms with Crippen molar-refractivity contribution in [3.8, 4) is 0 Å². The van der Waals surface area contributed by atoms with Crippen LogP contribution in [0.1, 0.15) is 20.7 Å². The fourth-order valence-electron chi connectivity index (χ4n) is 2.04. The van der Waals surface area contributed by atoms with Crippen molar-refractivity contribution in [2.45, 2.75) is 4.90 Å². The van der Waals surface area contributed by atoms with Gasteiger partial charge >= 0.3 is 11.9 Å².